The van der Waals surface area contributed by atoms with Gasteiger partial charge in [0.1, 0.15) is 17.9 Å². The summed E-state index contributed by atoms with van der Waals surface area (Å²) in [5.41, 5.74) is 1.43. The molecule has 0 unspecified atom stereocenters. The van der Waals surface area contributed by atoms with Crippen LogP contribution in [0.15, 0.2) is 24.3 Å². The van der Waals surface area contributed by atoms with E-state index in [0.29, 0.717) is 0 Å². The first-order chi connectivity index (χ1) is 10.6. The molecule has 4 nitrogen and oxygen atoms in total. The fourth-order valence-corrected chi connectivity index (χ4v) is 3.81. The third-order valence-corrected chi connectivity index (χ3v) is 5.10. The molecule has 22 heavy (non-hydrogen) atoms. The molecule has 1 aromatic rings. The number of carbonyl (C=O) groups excluding carboxylic acids is 1. The number of hydrogen-bond acceptors (Lipinski definition) is 4. The molecule has 1 aromatic carbocycles. The van der Waals surface area contributed by atoms with E-state index in [4.69, 9.17) is 9.47 Å². The first kappa shape index (κ1) is 15.3. The van der Waals surface area contributed by atoms with Crippen LogP contribution in [0.5, 0.6) is 5.75 Å². The Morgan fingerprint density at radius 3 is 2.77 bits per heavy atom. The van der Waals surface area contributed by atoms with E-state index in [1.807, 2.05) is 13.0 Å². The van der Waals surface area contributed by atoms with Gasteiger partial charge in [0, 0.05) is 18.4 Å². The lowest BCUT2D eigenvalue weighted by atomic mass is 9.78. The van der Waals surface area contributed by atoms with Crippen LogP contribution in [0, 0.1) is 0 Å². The van der Waals surface area contributed by atoms with Crippen LogP contribution in [-0.4, -0.2) is 31.8 Å². The Bertz CT molecular complexity index is 537. The first-order valence-corrected chi connectivity index (χ1v) is 8.21. The highest BCUT2D eigenvalue weighted by Crippen LogP contribution is 2.41. The highest BCUT2D eigenvalue weighted by atomic mass is 16.6. The second-order valence-electron chi connectivity index (χ2n) is 6.64. The smallest absolute Gasteiger partial charge is 0.323 e. The number of hydrogen-bond donors (Lipinski definition) is 1. The lowest BCUT2D eigenvalue weighted by Gasteiger charge is -2.31. The number of benzene rings is 1. The van der Waals surface area contributed by atoms with Gasteiger partial charge in [0.2, 0.25) is 0 Å². The molecule has 2 fully saturated rings. The van der Waals surface area contributed by atoms with Gasteiger partial charge in [0.25, 0.3) is 0 Å². The van der Waals surface area contributed by atoms with Crippen LogP contribution in [0.3, 0.4) is 0 Å². The lowest BCUT2D eigenvalue weighted by Crippen LogP contribution is -2.43. The Morgan fingerprint density at radius 1 is 1.36 bits per heavy atom. The number of nitrogens with one attached hydrogen (secondary N) is 1. The molecule has 1 aliphatic heterocycles. The van der Waals surface area contributed by atoms with Gasteiger partial charge in [-0.15, -0.1) is 0 Å². The van der Waals surface area contributed by atoms with Crippen LogP contribution in [0.2, 0.25) is 0 Å². The molecule has 1 saturated carbocycles. The molecule has 1 N–H and O–H groups in total. The maximum absolute atomic E-state index is 11.8. The monoisotopic (exact) mass is 303 g/mol. The predicted octanol–water partition coefficient (Wildman–Crippen LogP) is 2.80. The van der Waals surface area contributed by atoms with E-state index < -0.39 is 0 Å². The van der Waals surface area contributed by atoms with E-state index in [1.54, 1.807) is 7.11 Å². The van der Waals surface area contributed by atoms with Crippen molar-refractivity contribution in [2.75, 3.05) is 13.7 Å². The third kappa shape index (κ3) is 2.98. The quantitative estimate of drug-likeness (QED) is 0.850. The Hall–Kier alpha value is -1.55. The van der Waals surface area contributed by atoms with Crippen molar-refractivity contribution in [3.05, 3.63) is 29.8 Å². The van der Waals surface area contributed by atoms with Gasteiger partial charge in [0.15, 0.2) is 0 Å². The van der Waals surface area contributed by atoms with E-state index in [1.165, 1.54) is 18.4 Å². The summed E-state index contributed by atoms with van der Waals surface area (Å²) in [6.07, 6.45) is 5.60. The fraction of sp³-hybridized carbons (Fsp3) is 0.611. The van der Waals surface area contributed by atoms with Crippen molar-refractivity contribution in [3.8, 4) is 5.75 Å². The molecule has 2 aliphatic rings. The Morgan fingerprint density at radius 2 is 2.14 bits per heavy atom. The average molecular weight is 303 g/mol. The van der Waals surface area contributed by atoms with Gasteiger partial charge in [-0.05, 0) is 37.5 Å². The summed E-state index contributed by atoms with van der Waals surface area (Å²) in [6.45, 7) is 2.78. The van der Waals surface area contributed by atoms with Gasteiger partial charge < -0.3 is 14.8 Å². The van der Waals surface area contributed by atoms with Crippen molar-refractivity contribution in [1.82, 2.24) is 5.32 Å². The summed E-state index contributed by atoms with van der Waals surface area (Å²) < 4.78 is 10.6. The van der Waals surface area contributed by atoms with Crippen molar-refractivity contribution in [3.63, 3.8) is 0 Å². The molecule has 4 heteroatoms. The van der Waals surface area contributed by atoms with Crippen molar-refractivity contribution >= 4 is 5.97 Å². The van der Waals surface area contributed by atoms with Crippen LogP contribution in [0.4, 0.5) is 0 Å². The van der Waals surface area contributed by atoms with Crippen molar-refractivity contribution < 1.29 is 14.3 Å². The zero-order chi connectivity index (χ0) is 15.6. The number of methoxy groups -OCH3 is 1. The number of ether oxygens (including phenoxy) is 2. The van der Waals surface area contributed by atoms with Crippen LogP contribution in [0.1, 0.15) is 44.6 Å². The number of esters is 1. The van der Waals surface area contributed by atoms with Gasteiger partial charge in [-0.1, -0.05) is 25.0 Å². The van der Waals surface area contributed by atoms with Gasteiger partial charge in [-0.3, -0.25) is 4.79 Å². The summed E-state index contributed by atoms with van der Waals surface area (Å²) in [6, 6.07) is 8.21. The molecule has 0 radical (unpaired) electrons. The molecule has 0 aromatic heterocycles. The molecule has 0 bridgehead atoms. The molecule has 0 spiro atoms. The first-order valence-electron chi connectivity index (χ1n) is 8.21. The third-order valence-electron chi connectivity index (χ3n) is 5.10. The van der Waals surface area contributed by atoms with E-state index in [9.17, 15) is 4.79 Å². The van der Waals surface area contributed by atoms with E-state index in [2.05, 4.69) is 23.5 Å². The van der Waals surface area contributed by atoms with Gasteiger partial charge >= 0.3 is 5.97 Å². The molecule has 1 aliphatic carbocycles. The number of cyclic esters (lactones) is 1. The van der Waals surface area contributed by atoms with Crippen LogP contribution >= 0.6 is 0 Å². The topological polar surface area (TPSA) is 47.6 Å². The second-order valence-corrected chi connectivity index (χ2v) is 6.64. The molecule has 3 rings (SSSR count). The Kier molecular flexibility index (Phi) is 4.39. The van der Waals surface area contributed by atoms with Crippen molar-refractivity contribution in [2.24, 2.45) is 0 Å². The Balaban J connectivity index is 1.75. The molecule has 1 saturated heterocycles. The molecule has 1 heterocycles. The van der Waals surface area contributed by atoms with Gasteiger partial charge in [-0.25, -0.2) is 0 Å². The predicted molar refractivity (Wildman–Crippen MR) is 85.1 cm³/mol. The minimum Gasteiger partial charge on any atom is -0.497 e. The van der Waals surface area contributed by atoms with Crippen LogP contribution < -0.4 is 10.1 Å². The summed E-state index contributed by atoms with van der Waals surface area (Å²) in [5, 5.41) is 3.47. The van der Waals surface area contributed by atoms with Gasteiger partial charge in [-0.2, -0.15) is 0 Å². The fourth-order valence-electron chi connectivity index (χ4n) is 3.81. The van der Waals surface area contributed by atoms with Gasteiger partial charge in [0.05, 0.1) is 7.11 Å². The Labute approximate surface area is 132 Å². The molecule has 2 atom stereocenters. The number of rotatable bonds is 5. The summed E-state index contributed by atoms with van der Waals surface area (Å²) in [7, 11) is 1.70. The van der Waals surface area contributed by atoms with Crippen LogP contribution in [0.25, 0.3) is 0 Å². The molecule has 120 valence electrons. The van der Waals surface area contributed by atoms with E-state index in [0.717, 1.165) is 31.6 Å². The summed E-state index contributed by atoms with van der Waals surface area (Å²) in [5.74, 6) is 0.795. The maximum Gasteiger partial charge on any atom is 0.323 e. The van der Waals surface area contributed by atoms with Crippen molar-refractivity contribution in [1.29, 1.82) is 0 Å². The minimum atomic E-state index is -0.155. The van der Waals surface area contributed by atoms with E-state index in [-0.39, 0.29) is 23.5 Å². The minimum absolute atomic E-state index is 0.0290. The summed E-state index contributed by atoms with van der Waals surface area (Å²) >= 11 is 0. The standard InChI is InChI=1S/C18H25NO3/c1-13-10-16(17(20)22-13)19-12-18(8-3-4-9-18)14-6-5-7-15(11-14)21-2/h5-7,11,13,16,19H,3-4,8-10,12H2,1-2H3/t13-,16+/m1/s1. The number of carbonyl (C=O) groups is 1. The van der Waals surface area contributed by atoms with E-state index >= 15 is 0 Å². The highest BCUT2D eigenvalue weighted by molar-refractivity contribution is 5.77. The SMILES string of the molecule is COc1cccc(C2(CN[C@H]3C[C@@H](C)OC3=O)CCCC2)c1. The highest BCUT2D eigenvalue weighted by Gasteiger charge is 2.38. The normalized spacial score (nSPS) is 26.9. The average Bonchev–Trinajstić information content (AvgIpc) is 3.13. The van der Waals surface area contributed by atoms with Crippen LogP contribution in [-0.2, 0) is 14.9 Å². The van der Waals surface area contributed by atoms with Crippen molar-refractivity contribution in [2.45, 2.75) is 56.6 Å². The zero-order valence-corrected chi connectivity index (χ0v) is 13.4. The second kappa shape index (κ2) is 6.29. The summed E-state index contributed by atoms with van der Waals surface area (Å²) in [4.78, 5) is 11.8. The molecular weight excluding hydrogens is 278 g/mol. The zero-order valence-electron chi connectivity index (χ0n) is 13.4. The lowest BCUT2D eigenvalue weighted by molar-refractivity contribution is -0.142. The largest absolute Gasteiger partial charge is 0.497 e. The molecule has 0 amide bonds. The molecular formula is C18H25NO3. The maximum atomic E-state index is 11.8.